The summed E-state index contributed by atoms with van der Waals surface area (Å²) in [6.45, 7) is 3.18. The SMILES string of the molecule is C[C@H]1CCc2c(sc3ncnc(NCCc4ccccn4)c23)C1. The van der Waals surface area contributed by atoms with Crippen molar-refractivity contribution in [1.29, 1.82) is 0 Å². The Kier molecular flexibility index (Phi) is 3.95. The lowest BCUT2D eigenvalue weighted by atomic mass is 9.89. The second-order valence-electron chi connectivity index (χ2n) is 6.25. The summed E-state index contributed by atoms with van der Waals surface area (Å²) in [5.74, 6) is 1.77. The summed E-state index contributed by atoms with van der Waals surface area (Å²) < 4.78 is 0. The van der Waals surface area contributed by atoms with Crippen molar-refractivity contribution >= 4 is 27.4 Å². The van der Waals surface area contributed by atoms with Crippen LogP contribution in [-0.4, -0.2) is 21.5 Å². The van der Waals surface area contributed by atoms with Crippen molar-refractivity contribution in [3.63, 3.8) is 0 Å². The Bertz CT molecular complexity index is 813. The molecular weight excluding hydrogens is 304 g/mol. The fourth-order valence-electron chi connectivity index (χ4n) is 3.26. The van der Waals surface area contributed by atoms with Crippen LogP contribution >= 0.6 is 11.3 Å². The van der Waals surface area contributed by atoms with Crippen LogP contribution in [0.1, 0.15) is 29.5 Å². The second kappa shape index (κ2) is 6.24. The van der Waals surface area contributed by atoms with Gasteiger partial charge >= 0.3 is 0 Å². The first kappa shape index (κ1) is 14.6. The summed E-state index contributed by atoms with van der Waals surface area (Å²) in [5.41, 5.74) is 2.58. The Morgan fingerprint density at radius 2 is 2.22 bits per heavy atom. The minimum atomic E-state index is 0.782. The van der Waals surface area contributed by atoms with Gasteiger partial charge in [0.25, 0.3) is 0 Å². The van der Waals surface area contributed by atoms with Gasteiger partial charge in [-0.25, -0.2) is 9.97 Å². The number of hydrogen-bond donors (Lipinski definition) is 1. The molecule has 3 heterocycles. The Balaban J connectivity index is 1.57. The Labute approximate surface area is 140 Å². The van der Waals surface area contributed by atoms with Gasteiger partial charge in [0.15, 0.2) is 0 Å². The highest BCUT2D eigenvalue weighted by Gasteiger charge is 2.22. The molecule has 1 N–H and O–H groups in total. The van der Waals surface area contributed by atoms with E-state index in [1.165, 1.54) is 28.7 Å². The molecule has 3 aromatic rings. The third-order valence-electron chi connectivity index (χ3n) is 4.49. The predicted octanol–water partition coefficient (Wildman–Crippen LogP) is 3.87. The fraction of sp³-hybridized carbons (Fsp3) is 0.389. The molecule has 1 aliphatic carbocycles. The van der Waals surface area contributed by atoms with Crippen LogP contribution in [0, 0.1) is 5.92 Å². The summed E-state index contributed by atoms with van der Waals surface area (Å²) in [6.07, 6.45) is 8.02. The molecule has 0 aromatic carbocycles. The fourth-order valence-corrected chi connectivity index (χ4v) is 4.61. The van der Waals surface area contributed by atoms with E-state index in [1.807, 2.05) is 29.7 Å². The van der Waals surface area contributed by atoms with Crippen LogP contribution in [0.3, 0.4) is 0 Å². The molecule has 5 heteroatoms. The lowest BCUT2D eigenvalue weighted by Crippen LogP contribution is -2.10. The summed E-state index contributed by atoms with van der Waals surface area (Å²) in [6, 6.07) is 6.04. The first-order valence-corrected chi connectivity index (χ1v) is 9.02. The van der Waals surface area contributed by atoms with Crippen LogP contribution in [0.5, 0.6) is 0 Å². The van der Waals surface area contributed by atoms with Crippen LogP contribution in [0.4, 0.5) is 5.82 Å². The maximum Gasteiger partial charge on any atom is 0.138 e. The molecule has 0 spiro atoms. The van der Waals surface area contributed by atoms with Gasteiger partial charge in [-0.1, -0.05) is 13.0 Å². The Hall–Kier alpha value is -2.01. The molecule has 118 valence electrons. The maximum atomic E-state index is 4.50. The molecule has 23 heavy (non-hydrogen) atoms. The van der Waals surface area contributed by atoms with Crippen LogP contribution in [0.15, 0.2) is 30.7 Å². The van der Waals surface area contributed by atoms with E-state index in [9.17, 15) is 0 Å². The number of hydrogen-bond acceptors (Lipinski definition) is 5. The van der Waals surface area contributed by atoms with Crippen molar-refractivity contribution < 1.29 is 0 Å². The standard InChI is InChI=1S/C18H20N4S/c1-12-5-6-14-15(10-12)23-18-16(14)17(21-11-22-18)20-9-7-13-4-2-3-8-19-13/h2-4,8,11-12H,5-7,9-10H2,1H3,(H,20,21,22)/t12-/m0/s1. The zero-order valence-corrected chi connectivity index (χ0v) is 14.1. The molecule has 0 aliphatic heterocycles. The highest BCUT2D eigenvalue weighted by molar-refractivity contribution is 7.19. The largest absolute Gasteiger partial charge is 0.369 e. The third-order valence-corrected chi connectivity index (χ3v) is 5.65. The molecule has 4 rings (SSSR count). The smallest absolute Gasteiger partial charge is 0.138 e. The summed E-state index contributed by atoms with van der Waals surface area (Å²) in [5, 5.41) is 4.75. The monoisotopic (exact) mass is 324 g/mol. The quantitative estimate of drug-likeness (QED) is 0.791. The molecule has 3 aromatic heterocycles. The Morgan fingerprint density at radius 1 is 1.26 bits per heavy atom. The maximum absolute atomic E-state index is 4.50. The second-order valence-corrected chi connectivity index (χ2v) is 7.34. The van der Waals surface area contributed by atoms with E-state index in [-0.39, 0.29) is 0 Å². The van der Waals surface area contributed by atoms with Crippen molar-refractivity contribution in [3.05, 3.63) is 46.9 Å². The number of anilines is 1. The number of aromatic nitrogens is 3. The van der Waals surface area contributed by atoms with Gasteiger partial charge in [-0.2, -0.15) is 0 Å². The van der Waals surface area contributed by atoms with Crippen LogP contribution in [0.25, 0.3) is 10.2 Å². The predicted molar refractivity (Wildman–Crippen MR) is 95.0 cm³/mol. The van der Waals surface area contributed by atoms with E-state index in [0.717, 1.165) is 41.6 Å². The zero-order chi connectivity index (χ0) is 15.6. The van der Waals surface area contributed by atoms with Crippen molar-refractivity contribution in [2.75, 3.05) is 11.9 Å². The van der Waals surface area contributed by atoms with Crippen LogP contribution in [-0.2, 0) is 19.3 Å². The summed E-state index contributed by atoms with van der Waals surface area (Å²) in [7, 11) is 0. The minimum absolute atomic E-state index is 0.782. The van der Waals surface area contributed by atoms with Crippen molar-refractivity contribution in [2.45, 2.75) is 32.6 Å². The summed E-state index contributed by atoms with van der Waals surface area (Å²) >= 11 is 1.84. The normalized spacial score (nSPS) is 17.2. The number of pyridine rings is 1. The number of nitrogens with zero attached hydrogens (tertiary/aromatic N) is 3. The lowest BCUT2D eigenvalue weighted by molar-refractivity contribution is 0.509. The van der Waals surface area contributed by atoms with E-state index >= 15 is 0 Å². The van der Waals surface area contributed by atoms with Crippen LogP contribution in [0.2, 0.25) is 0 Å². The molecule has 0 fully saturated rings. The van der Waals surface area contributed by atoms with Crippen LogP contribution < -0.4 is 5.32 Å². The molecule has 1 aliphatic rings. The van der Waals surface area contributed by atoms with E-state index in [0.29, 0.717) is 0 Å². The number of thiophene rings is 1. The summed E-state index contributed by atoms with van der Waals surface area (Å²) in [4.78, 5) is 16.0. The molecule has 0 saturated heterocycles. The average molecular weight is 324 g/mol. The number of rotatable bonds is 4. The lowest BCUT2D eigenvalue weighted by Gasteiger charge is -2.18. The van der Waals surface area contributed by atoms with Gasteiger partial charge < -0.3 is 5.32 Å². The molecule has 4 nitrogen and oxygen atoms in total. The molecule has 1 atom stereocenters. The van der Waals surface area contributed by atoms with Gasteiger partial charge in [-0.15, -0.1) is 11.3 Å². The Morgan fingerprint density at radius 3 is 3.09 bits per heavy atom. The molecular formula is C18H20N4S. The topological polar surface area (TPSA) is 50.7 Å². The van der Waals surface area contributed by atoms with E-state index in [2.05, 4.69) is 33.3 Å². The van der Waals surface area contributed by atoms with Crippen molar-refractivity contribution in [1.82, 2.24) is 15.0 Å². The first-order chi connectivity index (χ1) is 11.3. The van der Waals surface area contributed by atoms with E-state index in [4.69, 9.17) is 0 Å². The molecule has 0 radical (unpaired) electrons. The van der Waals surface area contributed by atoms with Gasteiger partial charge in [-0.05, 0) is 42.9 Å². The van der Waals surface area contributed by atoms with Crippen molar-refractivity contribution in [3.8, 4) is 0 Å². The van der Waals surface area contributed by atoms with Gasteiger partial charge in [0, 0.05) is 29.7 Å². The highest BCUT2D eigenvalue weighted by atomic mass is 32.1. The first-order valence-electron chi connectivity index (χ1n) is 8.20. The van der Waals surface area contributed by atoms with Gasteiger partial charge in [0.1, 0.15) is 17.0 Å². The van der Waals surface area contributed by atoms with E-state index in [1.54, 1.807) is 6.33 Å². The molecule has 0 amide bonds. The minimum Gasteiger partial charge on any atom is -0.369 e. The van der Waals surface area contributed by atoms with Gasteiger partial charge in [0.2, 0.25) is 0 Å². The highest BCUT2D eigenvalue weighted by Crippen LogP contribution is 2.39. The molecule has 0 bridgehead atoms. The third kappa shape index (κ3) is 2.93. The molecule has 0 unspecified atom stereocenters. The molecule has 0 saturated carbocycles. The number of nitrogens with one attached hydrogen (secondary N) is 1. The number of aryl methyl sites for hydroxylation is 1. The number of fused-ring (bicyclic) bond motifs is 3. The van der Waals surface area contributed by atoms with Gasteiger partial charge in [0.05, 0.1) is 5.39 Å². The average Bonchev–Trinajstić information content (AvgIpc) is 2.94. The zero-order valence-electron chi connectivity index (χ0n) is 13.2. The van der Waals surface area contributed by atoms with E-state index < -0.39 is 0 Å². The van der Waals surface area contributed by atoms with Gasteiger partial charge in [-0.3, -0.25) is 4.98 Å². The van der Waals surface area contributed by atoms with Crippen molar-refractivity contribution in [2.24, 2.45) is 5.92 Å².